The minimum atomic E-state index is -0.772. The van der Waals surface area contributed by atoms with E-state index in [1.165, 1.54) is 4.57 Å². The van der Waals surface area contributed by atoms with E-state index in [9.17, 15) is 9.18 Å². The minimum Gasteiger partial charge on any atom is -0.490 e. The van der Waals surface area contributed by atoms with Gasteiger partial charge in [0.2, 0.25) is 5.95 Å². The van der Waals surface area contributed by atoms with Crippen LogP contribution < -0.4 is 15.7 Å². The molecule has 0 saturated heterocycles. The van der Waals surface area contributed by atoms with Gasteiger partial charge in [-0.3, -0.25) is 13.7 Å². The fourth-order valence-corrected chi connectivity index (χ4v) is 5.40. The lowest BCUT2D eigenvalue weighted by molar-refractivity contribution is 0.238. The Balaban J connectivity index is 1.35. The van der Waals surface area contributed by atoms with Gasteiger partial charge in [-0.1, -0.05) is 6.07 Å². The van der Waals surface area contributed by atoms with Crippen molar-refractivity contribution in [2.45, 2.75) is 31.8 Å². The molecule has 5 heterocycles. The van der Waals surface area contributed by atoms with Crippen LogP contribution in [0.25, 0.3) is 33.8 Å². The van der Waals surface area contributed by atoms with Gasteiger partial charge >= 0.3 is 5.69 Å². The van der Waals surface area contributed by atoms with Crippen LogP contribution >= 0.6 is 0 Å². The lowest BCUT2D eigenvalue weighted by Crippen LogP contribution is -2.32. The van der Waals surface area contributed by atoms with Crippen LogP contribution in [-0.4, -0.2) is 35.3 Å². The number of imidazole rings is 2. The van der Waals surface area contributed by atoms with Crippen LogP contribution in [0.15, 0.2) is 53.9 Å². The molecule has 5 aromatic rings. The van der Waals surface area contributed by atoms with Crippen molar-refractivity contribution in [1.82, 2.24) is 34.0 Å². The second kappa shape index (κ2) is 7.73. The molecule has 8 rings (SSSR count). The number of fused-ring (bicyclic) bond motifs is 3. The average Bonchev–Trinajstić information content (AvgIpc) is 3.87. The van der Waals surface area contributed by atoms with Gasteiger partial charge in [-0.15, -0.1) is 0 Å². The van der Waals surface area contributed by atoms with Gasteiger partial charge in [-0.2, -0.15) is 4.98 Å². The van der Waals surface area contributed by atoms with E-state index in [1.54, 1.807) is 21.7 Å². The van der Waals surface area contributed by atoms with Gasteiger partial charge in [-0.25, -0.2) is 23.5 Å². The minimum absolute atomic E-state index is 0.0342. The maximum atomic E-state index is 15.1. The molecule has 190 valence electrons. The molecule has 0 spiro atoms. The predicted octanol–water partition coefficient (Wildman–Crippen LogP) is 3.89. The highest BCUT2D eigenvalue weighted by molar-refractivity contribution is 5.85. The largest absolute Gasteiger partial charge is 0.490 e. The quantitative estimate of drug-likeness (QED) is 0.383. The first kappa shape index (κ1) is 21.5. The second-order valence-corrected chi connectivity index (χ2v) is 10.0. The van der Waals surface area contributed by atoms with Gasteiger partial charge in [0.1, 0.15) is 17.7 Å². The van der Waals surface area contributed by atoms with E-state index in [1.807, 2.05) is 24.4 Å². The van der Waals surface area contributed by atoms with Gasteiger partial charge in [0.15, 0.2) is 17.2 Å². The van der Waals surface area contributed by atoms with Crippen molar-refractivity contribution in [3.63, 3.8) is 0 Å². The summed E-state index contributed by atoms with van der Waals surface area (Å²) in [6, 6.07) is 7.26. The SMILES string of the molecule is O=c1n(CC2CC2)c2cnc(-n3cnc4ccc(C5=CN5)cc43)nc2n1[C@@H]1CCOc2c(F)ccc(F)c21. The van der Waals surface area contributed by atoms with Gasteiger partial charge in [0.05, 0.1) is 41.1 Å². The van der Waals surface area contributed by atoms with Crippen molar-refractivity contribution in [2.24, 2.45) is 5.92 Å². The molecule has 0 bridgehead atoms. The Labute approximate surface area is 214 Å². The smallest absolute Gasteiger partial charge is 0.330 e. The number of hydrogen-bond donors (Lipinski definition) is 1. The normalized spacial score (nSPS) is 18.3. The van der Waals surface area contributed by atoms with Crippen LogP contribution in [0.2, 0.25) is 0 Å². The van der Waals surface area contributed by atoms with Crippen molar-refractivity contribution < 1.29 is 13.5 Å². The van der Waals surface area contributed by atoms with E-state index in [4.69, 9.17) is 9.72 Å². The van der Waals surface area contributed by atoms with E-state index in [0.717, 1.165) is 47.3 Å². The zero-order chi connectivity index (χ0) is 25.5. The Kier molecular flexibility index (Phi) is 4.38. The summed E-state index contributed by atoms with van der Waals surface area (Å²) in [5, 5.41) is 3.10. The Morgan fingerprint density at radius 1 is 1.05 bits per heavy atom. The molecule has 38 heavy (non-hydrogen) atoms. The van der Waals surface area contributed by atoms with Crippen molar-refractivity contribution in [3.05, 3.63) is 82.3 Å². The molecule has 1 saturated carbocycles. The van der Waals surface area contributed by atoms with Crippen LogP contribution in [0.4, 0.5) is 8.78 Å². The highest BCUT2D eigenvalue weighted by Crippen LogP contribution is 2.39. The Morgan fingerprint density at radius 3 is 2.71 bits per heavy atom. The standard InChI is InChI=1S/C27H21F2N7O2/c28-16-4-5-17(29)24-23(16)20(7-8-38-24)36-25-22(34(27(36)37)12-14-1-2-14)11-31-26(33-25)35-13-32-18-6-3-15(9-21(18)35)19-10-30-19/h3-6,9-11,13-14,20,30H,1-2,7-8,12H2/t20-/m1/s1. The van der Waals surface area contributed by atoms with E-state index in [0.29, 0.717) is 36.0 Å². The van der Waals surface area contributed by atoms with E-state index in [-0.39, 0.29) is 23.6 Å². The third-order valence-electron chi connectivity index (χ3n) is 7.57. The number of rotatable bonds is 5. The topological polar surface area (TPSA) is 102 Å². The molecule has 1 fully saturated rings. The lowest BCUT2D eigenvalue weighted by Gasteiger charge is -2.27. The van der Waals surface area contributed by atoms with Crippen molar-refractivity contribution >= 4 is 27.9 Å². The van der Waals surface area contributed by atoms with E-state index < -0.39 is 17.7 Å². The van der Waals surface area contributed by atoms with Gasteiger partial charge < -0.3 is 10.1 Å². The highest BCUT2D eigenvalue weighted by Gasteiger charge is 2.34. The number of nitrogens with zero attached hydrogens (tertiary/aromatic N) is 6. The summed E-state index contributed by atoms with van der Waals surface area (Å²) in [5.74, 6) is -0.687. The molecule has 9 nitrogen and oxygen atoms in total. The van der Waals surface area contributed by atoms with Crippen LogP contribution in [0, 0.1) is 17.6 Å². The average molecular weight is 514 g/mol. The summed E-state index contributed by atoms with van der Waals surface area (Å²) in [5.41, 5.74) is 4.29. The van der Waals surface area contributed by atoms with Crippen molar-refractivity contribution in [1.29, 1.82) is 0 Å². The first-order valence-corrected chi connectivity index (χ1v) is 12.6. The lowest BCUT2D eigenvalue weighted by atomic mass is 9.99. The molecule has 0 amide bonds. The summed E-state index contributed by atoms with van der Waals surface area (Å²) >= 11 is 0. The molecule has 3 aliphatic rings. The Hall–Kier alpha value is -4.54. The first-order valence-electron chi connectivity index (χ1n) is 12.6. The molecule has 1 atom stereocenters. The van der Waals surface area contributed by atoms with E-state index in [2.05, 4.69) is 15.3 Å². The number of aromatic nitrogens is 6. The number of nitrogens with one attached hydrogen (secondary N) is 1. The molecular weight excluding hydrogens is 492 g/mol. The fraction of sp³-hybridized carbons (Fsp3) is 0.259. The van der Waals surface area contributed by atoms with Crippen LogP contribution in [0.1, 0.15) is 36.4 Å². The molecule has 2 aliphatic heterocycles. The van der Waals surface area contributed by atoms with Gasteiger partial charge in [0.25, 0.3) is 0 Å². The molecule has 0 radical (unpaired) electrons. The highest BCUT2D eigenvalue weighted by atomic mass is 19.1. The maximum Gasteiger partial charge on any atom is 0.330 e. The molecule has 0 unspecified atom stereocenters. The zero-order valence-electron chi connectivity index (χ0n) is 20.1. The Morgan fingerprint density at radius 2 is 1.89 bits per heavy atom. The summed E-state index contributed by atoms with van der Waals surface area (Å²) < 4.78 is 40.1. The molecular formula is C27H21F2N7O2. The molecule has 3 aromatic heterocycles. The molecule has 1 aliphatic carbocycles. The number of benzene rings is 2. The zero-order valence-corrected chi connectivity index (χ0v) is 20.1. The van der Waals surface area contributed by atoms with E-state index >= 15 is 4.39 Å². The summed E-state index contributed by atoms with van der Waals surface area (Å²) in [7, 11) is 0. The Bertz CT molecular complexity index is 1880. The number of hydrogen-bond acceptors (Lipinski definition) is 6. The summed E-state index contributed by atoms with van der Waals surface area (Å²) in [6.45, 7) is 0.683. The van der Waals surface area contributed by atoms with Gasteiger partial charge in [-0.05, 0) is 43.0 Å². The van der Waals surface area contributed by atoms with Crippen LogP contribution in [-0.2, 0) is 6.54 Å². The number of halogens is 2. The summed E-state index contributed by atoms with van der Waals surface area (Å²) in [6.07, 6.45) is 7.60. The van der Waals surface area contributed by atoms with Gasteiger partial charge in [0, 0.05) is 24.7 Å². The number of ether oxygens (including phenoxy) is 1. The van der Waals surface area contributed by atoms with Crippen molar-refractivity contribution in [3.8, 4) is 11.7 Å². The third kappa shape index (κ3) is 3.20. The first-order chi connectivity index (χ1) is 18.6. The third-order valence-corrected chi connectivity index (χ3v) is 7.57. The summed E-state index contributed by atoms with van der Waals surface area (Å²) in [4.78, 5) is 27.8. The fourth-order valence-electron chi connectivity index (χ4n) is 5.40. The monoisotopic (exact) mass is 513 g/mol. The van der Waals surface area contributed by atoms with Crippen molar-refractivity contribution in [2.75, 3.05) is 6.61 Å². The van der Waals surface area contributed by atoms with Crippen LogP contribution in [0.5, 0.6) is 5.75 Å². The molecule has 1 N–H and O–H groups in total. The predicted molar refractivity (Wildman–Crippen MR) is 135 cm³/mol. The molecule has 11 heteroatoms. The second-order valence-electron chi connectivity index (χ2n) is 10.0. The molecule has 2 aromatic carbocycles. The maximum absolute atomic E-state index is 15.1. The van der Waals surface area contributed by atoms with Crippen LogP contribution in [0.3, 0.4) is 0 Å².